The van der Waals surface area contributed by atoms with E-state index in [1.807, 2.05) is 63.0 Å². The Morgan fingerprint density at radius 3 is 2.36 bits per heavy atom. The van der Waals surface area contributed by atoms with Crippen LogP contribution in [0.25, 0.3) is 11.3 Å². The Morgan fingerprint density at radius 1 is 0.897 bits per heavy atom. The van der Waals surface area contributed by atoms with Crippen LogP contribution in [0.4, 0.5) is 16.3 Å². The normalized spacial score (nSPS) is 16.4. The number of urea groups is 1. The van der Waals surface area contributed by atoms with Crippen LogP contribution in [-0.2, 0) is 0 Å². The number of carbonyl (C=O) groups excluding carboxylic acids is 2. The summed E-state index contributed by atoms with van der Waals surface area (Å²) in [5.74, 6) is 0.995. The van der Waals surface area contributed by atoms with E-state index in [-0.39, 0.29) is 17.9 Å². The van der Waals surface area contributed by atoms with Crippen molar-refractivity contribution in [1.82, 2.24) is 29.4 Å². The molecule has 0 spiro atoms. The number of amides is 3. The molecular weight excluding hydrogens is 532 g/mol. The van der Waals surface area contributed by atoms with E-state index in [9.17, 15) is 9.59 Å². The van der Waals surface area contributed by atoms with Crippen LogP contribution in [0.5, 0.6) is 0 Å². The largest absolute Gasteiger partial charge is 0.353 e. The first-order valence-electron chi connectivity index (χ1n) is 13.0. The molecule has 10 nitrogen and oxygen atoms in total. The summed E-state index contributed by atoms with van der Waals surface area (Å²) in [7, 11) is 0. The third-order valence-electron chi connectivity index (χ3n) is 7.19. The number of hydrogen-bond acceptors (Lipinski definition) is 9. The van der Waals surface area contributed by atoms with Crippen molar-refractivity contribution in [3.63, 3.8) is 0 Å². The molecule has 0 bridgehead atoms. The van der Waals surface area contributed by atoms with Crippen molar-refractivity contribution in [1.29, 1.82) is 0 Å². The topological polar surface area (TPSA) is 107 Å². The number of piperazine rings is 1. The fourth-order valence-corrected chi connectivity index (χ4v) is 6.41. The lowest BCUT2D eigenvalue weighted by Gasteiger charge is -2.39. The van der Waals surface area contributed by atoms with Crippen LogP contribution in [0.2, 0.25) is 0 Å². The Bertz CT molecular complexity index is 1400. The second kappa shape index (κ2) is 11.5. The first-order valence-corrected chi connectivity index (χ1v) is 14.7. The number of carbonyl (C=O) groups is 2. The fourth-order valence-electron chi connectivity index (χ4n) is 4.97. The molecule has 4 aromatic rings. The zero-order valence-electron chi connectivity index (χ0n) is 21.3. The highest BCUT2D eigenvalue weighted by molar-refractivity contribution is 7.10. The van der Waals surface area contributed by atoms with Crippen LogP contribution in [0.1, 0.15) is 34.3 Å². The van der Waals surface area contributed by atoms with Crippen LogP contribution in [-0.4, -0.2) is 80.6 Å². The van der Waals surface area contributed by atoms with Crippen molar-refractivity contribution in [2.24, 2.45) is 0 Å². The molecule has 3 aromatic heterocycles. The maximum atomic E-state index is 13.1. The van der Waals surface area contributed by atoms with Gasteiger partial charge in [0.25, 0.3) is 5.91 Å². The van der Waals surface area contributed by atoms with Crippen LogP contribution in [0.15, 0.2) is 59.4 Å². The van der Waals surface area contributed by atoms with E-state index in [2.05, 4.69) is 29.8 Å². The second-order valence-electron chi connectivity index (χ2n) is 9.60. The van der Waals surface area contributed by atoms with Gasteiger partial charge in [0.05, 0.1) is 5.01 Å². The Hall–Kier alpha value is -3.90. The van der Waals surface area contributed by atoms with E-state index in [4.69, 9.17) is 0 Å². The SMILES string of the molecule is O=C(Nc1ccc(-c2csnn2)cc1)c1csc(C2CCN(C(=O)N3CCN(c4ccccn4)CC3)CC2)n1. The molecule has 39 heavy (non-hydrogen) atoms. The lowest BCUT2D eigenvalue weighted by Crippen LogP contribution is -2.54. The van der Waals surface area contributed by atoms with Crippen molar-refractivity contribution >= 4 is 46.3 Å². The van der Waals surface area contributed by atoms with Gasteiger partial charge in [-0.15, -0.1) is 16.4 Å². The van der Waals surface area contributed by atoms with Crippen LogP contribution in [0.3, 0.4) is 0 Å². The third kappa shape index (κ3) is 5.76. The number of hydrogen-bond donors (Lipinski definition) is 1. The third-order valence-corrected chi connectivity index (χ3v) is 8.70. The summed E-state index contributed by atoms with van der Waals surface area (Å²) >= 11 is 2.82. The Labute approximate surface area is 234 Å². The molecule has 1 aromatic carbocycles. The molecule has 6 rings (SSSR count). The van der Waals surface area contributed by atoms with Crippen molar-refractivity contribution < 1.29 is 9.59 Å². The number of thiazole rings is 1. The molecule has 0 aliphatic carbocycles. The lowest BCUT2D eigenvalue weighted by atomic mass is 9.98. The van der Waals surface area contributed by atoms with Gasteiger partial charge in [-0.05, 0) is 48.6 Å². The number of nitrogens with zero attached hydrogens (tertiary/aromatic N) is 7. The minimum atomic E-state index is -0.224. The number of rotatable bonds is 5. The summed E-state index contributed by atoms with van der Waals surface area (Å²) in [6.45, 7) is 4.38. The number of piperidine rings is 1. The quantitative estimate of drug-likeness (QED) is 0.385. The number of pyridine rings is 1. The van der Waals surface area contributed by atoms with Gasteiger partial charge >= 0.3 is 6.03 Å². The highest BCUT2D eigenvalue weighted by Crippen LogP contribution is 2.31. The molecule has 5 heterocycles. The summed E-state index contributed by atoms with van der Waals surface area (Å²) in [6, 6.07) is 13.6. The monoisotopic (exact) mass is 560 g/mol. The van der Waals surface area contributed by atoms with Gasteiger partial charge in [0.1, 0.15) is 17.2 Å². The predicted molar refractivity (Wildman–Crippen MR) is 152 cm³/mol. The zero-order chi connectivity index (χ0) is 26.6. The van der Waals surface area contributed by atoms with E-state index in [0.717, 1.165) is 48.0 Å². The Kier molecular flexibility index (Phi) is 7.46. The van der Waals surface area contributed by atoms with Crippen LogP contribution in [0, 0.1) is 0 Å². The molecule has 2 aliphatic rings. The molecule has 3 amide bonds. The van der Waals surface area contributed by atoms with Gasteiger partial charge in [0.15, 0.2) is 0 Å². The van der Waals surface area contributed by atoms with Gasteiger partial charge in [-0.2, -0.15) is 0 Å². The van der Waals surface area contributed by atoms with E-state index in [0.29, 0.717) is 37.6 Å². The van der Waals surface area contributed by atoms with Crippen molar-refractivity contribution in [2.45, 2.75) is 18.8 Å². The average Bonchev–Trinajstić information content (AvgIpc) is 3.72. The van der Waals surface area contributed by atoms with E-state index < -0.39 is 0 Å². The first-order chi connectivity index (χ1) is 19.1. The molecule has 200 valence electrons. The molecular formula is C27H28N8O2S2. The van der Waals surface area contributed by atoms with Gasteiger partial charge in [-0.25, -0.2) is 14.8 Å². The first kappa shape index (κ1) is 25.4. The number of anilines is 2. The molecule has 0 unspecified atom stereocenters. The van der Waals surface area contributed by atoms with Gasteiger partial charge in [0.2, 0.25) is 0 Å². The van der Waals surface area contributed by atoms with E-state index >= 15 is 0 Å². The minimum Gasteiger partial charge on any atom is -0.353 e. The molecule has 2 fully saturated rings. The van der Waals surface area contributed by atoms with E-state index in [1.54, 1.807) is 6.20 Å². The van der Waals surface area contributed by atoms with Gasteiger partial charge < -0.3 is 20.0 Å². The average molecular weight is 561 g/mol. The van der Waals surface area contributed by atoms with Gasteiger partial charge in [0, 0.05) is 73.4 Å². The highest BCUT2D eigenvalue weighted by atomic mass is 32.1. The standard InChI is InChI=1S/C27H28N8O2S2/c36-25(29-21-6-4-19(5-7-21)22-18-39-32-31-22)23-17-38-26(30-23)20-8-11-34(12-9-20)27(37)35-15-13-33(14-16-35)24-3-1-2-10-28-24/h1-7,10,17-18,20H,8-9,11-16H2,(H,29,36). The van der Waals surface area contributed by atoms with Crippen molar-refractivity contribution in [3.8, 4) is 11.3 Å². The molecule has 0 radical (unpaired) electrons. The Balaban J connectivity index is 0.984. The summed E-state index contributed by atoms with van der Waals surface area (Å²) in [4.78, 5) is 41.1. The van der Waals surface area contributed by atoms with Gasteiger partial charge in [-0.3, -0.25) is 4.79 Å². The predicted octanol–water partition coefficient (Wildman–Crippen LogP) is 4.43. The molecule has 0 atom stereocenters. The second-order valence-corrected chi connectivity index (χ2v) is 11.1. The maximum Gasteiger partial charge on any atom is 0.320 e. The molecule has 12 heteroatoms. The summed E-state index contributed by atoms with van der Waals surface area (Å²) in [5.41, 5.74) is 2.90. The number of benzene rings is 1. The molecule has 2 saturated heterocycles. The maximum absolute atomic E-state index is 13.1. The number of likely N-dealkylation sites (tertiary alicyclic amines) is 1. The van der Waals surface area contributed by atoms with E-state index in [1.165, 1.54) is 22.9 Å². The van der Waals surface area contributed by atoms with Gasteiger partial charge in [-0.1, -0.05) is 22.7 Å². The van der Waals surface area contributed by atoms with Crippen molar-refractivity contribution in [3.05, 3.63) is 70.1 Å². The smallest absolute Gasteiger partial charge is 0.320 e. The Morgan fingerprint density at radius 2 is 1.67 bits per heavy atom. The molecule has 0 saturated carbocycles. The van der Waals surface area contributed by atoms with Crippen LogP contribution < -0.4 is 10.2 Å². The summed E-state index contributed by atoms with van der Waals surface area (Å²) in [6.07, 6.45) is 3.50. The lowest BCUT2D eigenvalue weighted by molar-refractivity contribution is 0.102. The summed E-state index contributed by atoms with van der Waals surface area (Å²) in [5, 5.41) is 11.7. The number of nitrogens with one attached hydrogen (secondary N) is 1. The zero-order valence-corrected chi connectivity index (χ0v) is 22.9. The molecule has 1 N–H and O–H groups in total. The highest BCUT2D eigenvalue weighted by Gasteiger charge is 2.30. The fraction of sp³-hybridized carbons (Fsp3) is 0.333. The van der Waals surface area contributed by atoms with Crippen LogP contribution >= 0.6 is 22.9 Å². The molecule has 2 aliphatic heterocycles. The number of aromatic nitrogens is 4. The van der Waals surface area contributed by atoms with Crippen molar-refractivity contribution in [2.75, 3.05) is 49.5 Å². The minimum absolute atomic E-state index is 0.116. The summed E-state index contributed by atoms with van der Waals surface area (Å²) < 4.78 is 3.89.